The van der Waals surface area contributed by atoms with Crippen molar-refractivity contribution in [2.75, 3.05) is 19.3 Å². The number of hydrogen-bond donors (Lipinski definition) is 2. The van der Waals surface area contributed by atoms with Crippen LogP contribution in [0.2, 0.25) is 0 Å². The molecule has 1 aromatic heterocycles. The molecule has 3 saturated carbocycles. The minimum atomic E-state index is -3.59. The average molecular weight is 712 g/mol. The second-order valence-corrected chi connectivity index (χ2v) is 19.5. The maximum absolute atomic E-state index is 15.3. The van der Waals surface area contributed by atoms with Crippen molar-refractivity contribution >= 4 is 27.1 Å². The van der Waals surface area contributed by atoms with Gasteiger partial charge in [0.15, 0.2) is 5.78 Å². The number of fused-ring (bicyclic) bond motifs is 1. The van der Waals surface area contributed by atoms with Crippen molar-refractivity contribution in [3.05, 3.63) is 106 Å². The van der Waals surface area contributed by atoms with E-state index >= 15 is 4.79 Å². The van der Waals surface area contributed by atoms with Gasteiger partial charge in [0.2, 0.25) is 10.0 Å². The van der Waals surface area contributed by atoms with E-state index in [1.165, 1.54) is 10.6 Å². The predicted molar refractivity (Wildman–Crippen MR) is 199 cm³/mol. The van der Waals surface area contributed by atoms with Gasteiger partial charge in [0, 0.05) is 45.3 Å². The van der Waals surface area contributed by atoms with E-state index in [0.717, 1.165) is 47.3 Å². The average Bonchev–Trinajstić information content (AvgIpc) is 3.72. The molecule has 2 aromatic carbocycles. The van der Waals surface area contributed by atoms with Gasteiger partial charge in [0.05, 0.1) is 18.0 Å². The lowest BCUT2D eigenvalue weighted by atomic mass is 9.32. The lowest BCUT2D eigenvalue weighted by Gasteiger charge is -2.71. The van der Waals surface area contributed by atoms with Crippen molar-refractivity contribution in [1.29, 1.82) is 0 Å². The first kappa shape index (κ1) is 34.2. The van der Waals surface area contributed by atoms with Gasteiger partial charge in [-0.2, -0.15) is 4.31 Å². The first-order chi connectivity index (χ1) is 23.8. The second-order valence-electron chi connectivity index (χ2n) is 16.5. The summed E-state index contributed by atoms with van der Waals surface area (Å²) in [6, 6.07) is 22.0. The Bertz CT molecular complexity index is 1970. The molecular weight excluding hydrogens is 663 g/mol. The number of benzene rings is 2. The lowest BCUT2D eigenvalue weighted by Crippen LogP contribution is -2.67. The smallest absolute Gasteiger partial charge is 0.211 e. The number of carbonyl (C=O) groups is 1. The Labute approximate surface area is 301 Å². The van der Waals surface area contributed by atoms with E-state index in [2.05, 4.69) is 32.1 Å². The van der Waals surface area contributed by atoms with Gasteiger partial charge < -0.3 is 10.2 Å². The Balaban J connectivity index is 1.23. The highest BCUT2D eigenvalue weighted by molar-refractivity contribution is 7.88. The van der Waals surface area contributed by atoms with E-state index in [1.807, 2.05) is 72.1 Å². The number of Topliss-reactive ketones (excluding diaryl/α,β-unsaturated/α-hetero) is 1. The maximum Gasteiger partial charge on any atom is 0.211 e. The van der Waals surface area contributed by atoms with E-state index in [1.54, 1.807) is 11.3 Å². The van der Waals surface area contributed by atoms with Crippen LogP contribution in [0.25, 0.3) is 11.1 Å². The van der Waals surface area contributed by atoms with E-state index in [9.17, 15) is 18.6 Å². The molecule has 1 heterocycles. The Morgan fingerprint density at radius 1 is 0.900 bits per heavy atom. The summed E-state index contributed by atoms with van der Waals surface area (Å²) in [5.41, 5.74) is 0.290. The van der Waals surface area contributed by atoms with Crippen LogP contribution in [0.1, 0.15) is 74.0 Å². The van der Waals surface area contributed by atoms with Crippen LogP contribution in [0, 0.1) is 33.5 Å². The maximum atomic E-state index is 15.3. The Morgan fingerprint density at radius 2 is 1.60 bits per heavy atom. The third kappa shape index (κ3) is 4.88. The normalized spacial score (nSPS) is 37.2. The van der Waals surface area contributed by atoms with Crippen molar-refractivity contribution in [2.45, 2.75) is 76.9 Å². The largest absolute Gasteiger partial charge is 0.393 e. The summed E-state index contributed by atoms with van der Waals surface area (Å²) in [6.07, 6.45) is 13.3. The third-order valence-electron chi connectivity index (χ3n) is 14.3. The van der Waals surface area contributed by atoms with Crippen molar-refractivity contribution in [3.8, 4) is 11.1 Å². The fraction of sp³-hybridized carbons (Fsp3) is 0.500. The zero-order chi connectivity index (χ0) is 35.2. The van der Waals surface area contributed by atoms with Crippen LogP contribution in [0.5, 0.6) is 0 Å². The third-order valence-corrected chi connectivity index (χ3v) is 16.5. The number of rotatable bonds is 9. The predicted octanol–water partition coefficient (Wildman–Crippen LogP) is 7.69. The van der Waals surface area contributed by atoms with E-state index in [4.69, 9.17) is 0 Å². The monoisotopic (exact) mass is 711 g/mol. The fourth-order valence-electron chi connectivity index (χ4n) is 11.6. The number of nitrogens with zero attached hydrogens (tertiary/aromatic N) is 1. The van der Waals surface area contributed by atoms with Crippen LogP contribution in [0.15, 0.2) is 95.9 Å². The van der Waals surface area contributed by atoms with Gasteiger partial charge in [0.25, 0.3) is 0 Å². The molecule has 6 aliphatic rings. The summed E-state index contributed by atoms with van der Waals surface area (Å²) in [5, 5.41) is 25.9. The van der Waals surface area contributed by atoms with Gasteiger partial charge in [-0.1, -0.05) is 92.7 Å². The van der Waals surface area contributed by atoms with Gasteiger partial charge in [-0.15, -0.1) is 11.3 Å². The minimum absolute atomic E-state index is 0.0219. The molecule has 2 bridgehead atoms. The molecule has 6 nitrogen and oxygen atoms in total. The number of ketones is 1. The van der Waals surface area contributed by atoms with Gasteiger partial charge in [-0.25, -0.2) is 8.42 Å². The minimum Gasteiger partial charge on any atom is -0.393 e. The zero-order valence-corrected chi connectivity index (χ0v) is 31.0. The highest BCUT2D eigenvalue weighted by Crippen LogP contribution is 2.78. The molecule has 0 saturated heterocycles. The summed E-state index contributed by atoms with van der Waals surface area (Å²) in [7, 11) is -3.59. The van der Waals surface area contributed by atoms with Gasteiger partial charge >= 0.3 is 0 Å². The molecule has 264 valence electrons. The van der Waals surface area contributed by atoms with Crippen LogP contribution in [0.4, 0.5) is 0 Å². The number of thiophene rings is 1. The molecule has 2 N–H and O–H groups in total. The molecule has 3 fully saturated rings. The highest BCUT2D eigenvalue weighted by atomic mass is 32.2. The van der Waals surface area contributed by atoms with Crippen molar-refractivity contribution in [2.24, 2.45) is 33.5 Å². The lowest BCUT2D eigenvalue weighted by molar-refractivity contribution is -0.173. The Morgan fingerprint density at radius 3 is 2.34 bits per heavy atom. The first-order valence-corrected chi connectivity index (χ1v) is 21.0. The van der Waals surface area contributed by atoms with Gasteiger partial charge in [0.1, 0.15) is 0 Å². The van der Waals surface area contributed by atoms with Crippen LogP contribution in [-0.4, -0.2) is 59.8 Å². The number of carbonyl (C=O) groups excluding carboxylic acids is 1. The summed E-state index contributed by atoms with van der Waals surface area (Å²) < 4.78 is 28.0. The van der Waals surface area contributed by atoms with Crippen LogP contribution >= 0.6 is 11.3 Å². The Hall–Kier alpha value is -2.88. The number of aliphatic hydroxyl groups is 2. The number of aliphatic hydroxyl groups excluding tert-OH is 1. The van der Waals surface area contributed by atoms with E-state index in [0.29, 0.717) is 37.8 Å². The second kappa shape index (κ2) is 11.8. The zero-order valence-electron chi connectivity index (χ0n) is 29.3. The molecule has 1 unspecified atom stereocenters. The molecule has 3 aromatic rings. The van der Waals surface area contributed by atoms with Gasteiger partial charge in [-0.05, 0) is 91.2 Å². The summed E-state index contributed by atoms with van der Waals surface area (Å²) in [6.45, 7) is 4.93. The quantitative estimate of drug-likeness (QED) is 0.175. The molecule has 8 atom stereocenters. The standard InChI is InChI=1S/C42H49NO5S2/c1-38-19-15-30(44)26-40(38)22-23-42(34(27-40)37(45)33-14-8-7-13-32(33)29-10-5-4-6-11-29)35(38)16-20-39(2)36(42)17-21-41(39,46)28-43(50(3,47)48)24-18-31-12-9-25-49-31/h4-14,22-23,25,27,30,35-36,44,46H,15-21,24,26,28H2,1-3H3/t30?,35-,36-,38-,39+,40+,41-,42-/m1/s1. The molecular formula is C42H49NO5S2. The highest BCUT2D eigenvalue weighted by Gasteiger charge is 2.74. The number of hydrogen-bond acceptors (Lipinski definition) is 6. The van der Waals surface area contributed by atoms with Crippen molar-refractivity contribution in [1.82, 2.24) is 4.31 Å². The molecule has 50 heavy (non-hydrogen) atoms. The molecule has 0 radical (unpaired) electrons. The first-order valence-electron chi connectivity index (χ1n) is 18.3. The Kier molecular flexibility index (Phi) is 8.09. The number of allylic oxidation sites excluding steroid dienone is 4. The van der Waals surface area contributed by atoms with E-state index < -0.39 is 38.0 Å². The molecule has 0 amide bonds. The summed E-state index contributed by atoms with van der Waals surface area (Å²) in [4.78, 5) is 16.5. The SMILES string of the molecule is C[C@]12CC[C@H]3[C@]4(C=C[C@@]5(C=C4C(=O)c4ccccc4-c4ccccc4)CC(O)CC[C@]35C)[C@@H]1CC[C@@]2(O)CN(CCc1cccs1)S(C)(=O)=O. The van der Waals surface area contributed by atoms with Crippen molar-refractivity contribution in [3.63, 3.8) is 0 Å². The summed E-state index contributed by atoms with van der Waals surface area (Å²) in [5.74, 6) is 0.120. The number of sulfonamides is 1. The van der Waals surface area contributed by atoms with Crippen molar-refractivity contribution < 1.29 is 23.4 Å². The summed E-state index contributed by atoms with van der Waals surface area (Å²) >= 11 is 1.62. The van der Waals surface area contributed by atoms with Gasteiger partial charge in [-0.3, -0.25) is 4.79 Å². The van der Waals surface area contributed by atoms with Crippen LogP contribution < -0.4 is 0 Å². The van der Waals surface area contributed by atoms with E-state index in [-0.39, 0.29) is 29.6 Å². The topological polar surface area (TPSA) is 94.9 Å². The van der Waals surface area contributed by atoms with Crippen LogP contribution in [0.3, 0.4) is 0 Å². The fourth-order valence-corrected chi connectivity index (χ4v) is 13.2. The molecule has 6 aliphatic carbocycles. The molecule has 2 spiro atoms. The molecule has 0 aliphatic heterocycles. The molecule has 9 rings (SSSR count). The van der Waals surface area contributed by atoms with Crippen LogP contribution in [-0.2, 0) is 16.4 Å². The molecule has 8 heteroatoms.